The third kappa shape index (κ3) is 68.8. The Morgan fingerprint density at radius 3 is 0.917 bits per heavy atom. The van der Waals surface area contributed by atoms with Crippen LogP contribution in [0.1, 0.15) is 323 Å². The number of aliphatic hydroxyl groups is 1. The van der Waals surface area contributed by atoms with E-state index in [1.807, 2.05) is 0 Å². The summed E-state index contributed by atoms with van der Waals surface area (Å²) in [5.41, 5.74) is 0. The van der Waals surface area contributed by atoms with Gasteiger partial charge in [-0.2, -0.15) is 0 Å². The molecule has 0 fully saturated rings. The van der Waals surface area contributed by atoms with Crippen LogP contribution in [-0.4, -0.2) is 96.7 Å². The van der Waals surface area contributed by atoms with Crippen LogP contribution in [0.3, 0.4) is 0 Å². The molecule has 0 heterocycles. The van der Waals surface area contributed by atoms with E-state index in [-0.39, 0.29) is 25.7 Å². The normalized spacial score (nSPS) is 14.4. The molecule has 0 rings (SSSR count). The van der Waals surface area contributed by atoms with E-state index in [0.29, 0.717) is 25.7 Å². The molecule has 0 radical (unpaired) electrons. The van der Waals surface area contributed by atoms with Crippen LogP contribution in [0.25, 0.3) is 0 Å². The summed E-state index contributed by atoms with van der Waals surface area (Å²) in [5.74, 6) is -2.21. The van der Waals surface area contributed by atoms with Gasteiger partial charge < -0.3 is 33.8 Å². The zero-order valence-corrected chi connectivity index (χ0v) is 62.3. The van der Waals surface area contributed by atoms with Crippen LogP contribution in [0.15, 0.2) is 85.1 Å². The van der Waals surface area contributed by atoms with Gasteiger partial charge in [0, 0.05) is 25.7 Å². The number of hydrogen-bond acceptors (Lipinski definition) is 15. The smallest absolute Gasteiger partial charge is 0.462 e. The average Bonchev–Trinajstić information content (AvgIpc) is 1.13. The van der Waals surface area contributed by atoms with Crippen molar-refractivity contribution >= 4 is 39.5 Å². The maximum absolute atomic E-state index is 13.1. The maximum Gasteiger partial charge on any atom is 0.472 e. The van der Waals surface area contributed by atoms with Gasteiger partial charge in [0.05, 0.1) is 26.4 Å². The highest BCUT2D eigenvalue weighted by molar-refractivity contribution is 7.47. The molecule has 0 aromatic carbocycles. The van der Waals surface area contributed by atoms with E-state index in [2.05, 4.69) is 113 Å². The van der Waals surface area contributed by atoms with Crippen molar-refractivity contribution in [3.63, 3.8) is 0 Å². The quantitative estimate of drug-likeness (QED) is 0.0169. The van der Waals surface area contributed by atoms with Crippen LogP contribution in [0.2, 0.25) is 0 Å². The lowest BCUT2D eigenvalue weighted by atomic mass is 10.0. The SMILES string of the molecule is CC/C=C\C/C=C\C/C=C\C/C=C\CCCCCCC(=O)OCC(COP(=O)(O)OCC(O)COP(=O)(O)OCC(COC(=O)CCCCCCCCCCCCCCCCC)OC(=O)CCCCCCC/C=C\C/C=C\CCC)OC(=O)CCCCCCC/C=C\CCCC. The van der Waals surface area contributed by atoms with Crippen LogP contribution >= 0.6 is 15.6 Å². The van der Waals surface area contributed by atoms with Crippen LogP contribution in [0.5, 0.6) is 0 Å². The summed E-state index contributed by atoms with van der Waals surface area (Å²) in [6.45, 7) is 4.63. The number of phosphoric ester groups is 2. The molecule has 0 amide bonds. The predicted molar refractivity (Wildman–Crippen MR) is 390 cm³/mol. The van der Waals surface area contributed by atoms with Crippen molar-refractivity contribution < 1.29 is 80.2 Å². The zero-order valence-electron chi connectivity index (χ0n) is 60.5. The molecule has 0 aromatic heterocycles. The van der Waals surface area contributed by atoms with E-state index in [1.165, 1.54) is 83.5 Å². The van der Waals surface area contributed by atoms with Gasteiger partial charge in [-0.3, -0.25) is 37.3 Å². The fourth-order valence-corrected chi connectivity index (χ4v) is 11.6. The Morgan fingerprint density at radius 1 is 0.302 bits per heavy atom. The number of unbranched alkanes of at least 4 members (excludes halogenated alkanes) is 31. The van der Waals surface area contributed by atoms with Crippen molar-refractivity contribution in [1.29, 1.82) is 0 Å². The lowest BCUT2D eigenvalue weighted by molar-refractivity contribution is -0.161. The molecule has 17 nitrogen and oxygen atoms in total. The summed E-state index contributed by atoms with van der Waals surface area (Å²) < 4.78 is 68.4. The molecule has 0 aliphatic rings. The number of ether oxygens (including phenoxy) is 4. The van der Waals surface area contributed by atoms with Crippen molar-refractivity contribution in [3.8, 4) is 0 Å². The van der Waals surface area contributed by atoms with E-state index in [1.54, 1.807) is 0 Å². The first-order valence-corrected chi connectivity index (χ1v) is 40.8. The molecule has 0 saturated heterocycles. The first kappa shape index (κ1) is 92.2. The first-order valence-electron chi connectivity index (χ1n) is 37.8. The van der Waals surface area contributed by atoms with Gasteiger partial charge in [-0.05, 0) is 109 Å². The molecule has 0 aliphatic carbocycles. The first-order chi connectivity index (χ1) is 46.7. The molecule has 0 saturated carbocycles. The molecule has 5 unspecified atom stereocenters. The summed E-state index contributed by atoms with van der Waals surface area (Å²) >= 11 is 0. The molecule has 556 valence electrons. The van der Waals surface area contributed by atoms with E-state index in [0.717, 1.165) is 161 Å². The molecule has 3 N–H and O–H groups in total. The summed E-state index contributed by atoms with van der Waals surface area (Å²) in [7, 11) is -9.95. The van der Waals surface area contributed by atoms with Crippen molar-refractivity contribution in [3.05, 3.63) is 85.1 Å². The highest BCUT2D eigenvalue weighted by atomic mass is 31.2. The molecule has 0 bridgehead atoms. The highest BCUT2D eigenvalue weighted by Gasteiger charge is 2.30. The fourth-order valence-electron chi connectivity index (χ4n) is 10.1. The average molecular weight is 1400 g/mol. The van der Waals surface area contributed by atoms with Gasteiger partial charge in [-0.25, -0.2) is 9.13 Å². The number of carbonyl (C=O) groups excluding carboxylic acids is 4. The van der Waals surface area contributed by atoms with Crippen LogP contribution in [0, 0.1) is 0 Å². The molecular formula is C77H136O17P2. The number of hydrogen-bond donors (Lipinski definition) is 3. The van der Waals surface area contributed by atoms with Crippen molar-refractivity contribution in [2.45, 2.75) is 341 Å². The fraction of sp³-hybridized carbons (Fsp3) is 0.766. The van der Waals surface area contributed by atoms with E-state index in [9.17, 15) is 43.2 Å². The Balaban J connectivity index is 5.32. The number of rotatable bonds is 71. The van der Waals surface area contributed by atoms with Crippen LogP contribution < -0.4 is 0 Å². The number of carbonyl (C=O) groups is 4. The number of aliphatic hydroxyl groups excluding tert-OH is 1. The Morgan fingerprint density at radius 2 is 0.573 bits per heavy atom. The topological polar surface area (TPSA) is 237 Å². The standard InChI is InChI=1S/C77H136O17P2/c1-5-9-13-17-21-25-29-32-34-35-37-40-43-46-50-54-58-62-75(80)87-67-72(93-76(81)63-59-55-51-47-41-28-24-20-16-12-8-4)69-91-95(83,84)89-65-71(78)66-90-96(85,86)92-70-73(94-77(82)64-60-56-52-48-44-38-31-27-23-19-15-11-7-3)68-88-74(79)61-57-53-49-45-42-39-36-33-30-26-22-18-14-10-6-2/h9,13,15,19-21,24-25,27,31-32,34,37,40,71-73,78H,5-8,10-12,14,16-18,22-23,26,28-30,33,35-36,38-39,41-70H2,1-4H3,(H,83,84)(H,85,86)/b13-9-,19-15-,24-20-,25-21-,31-27-,34-32-,40-37-. The van der Waals surface area contributed by atoms with Crippen LogP contribution in [-0.2, 0) is 65.4 Å². The molecule has 0 aliphatic heterocycles. The third-order valence-electron chi connectivity index (χ3n) is 15.8. The Labute approximate surface area is 583 Å². The van der Waals surface area contributed by atoms with Crippen molar-refractivity contribution in [2.24, 2.45) is 0 Å². The Bertz CT molecular complexity index is 2160. The third-order valence-corrected chi connectivity index (χ3v) is 17.7. The largest absolute Gasteiger partial charge is 0.472 e. The minimum atomic E-state index is -4.98. The van der Waals surface area contributed by atoms with Gasteiger partial charge in [0.15, 0.2) is 12.2 Å². The van der Waals surface area contributed by atoms with Crippen LogP contribution in [0.4, 0.5) is 0 Å². The van der Waals surface area contributed by atoms with E-state index >= 15 is 0 Å². The number of allylic oxidation sites excluding steroid dienone is 14. The minimum Gasteiger partial charge on any atom is -0.462 e. The molecule has 0 spiro atoms. The number of esters is 4. The highest BCUT2D eigenvalue weighted by Crippen LogP contribution is 2.45. The van der Waals surface area contributed by atoms with Gasteiger partial charge in [0.25, 0.3) is 0 Å². The Kier molecular flexibility index (Phi) is 67.0. The second-order valence-corrected chi connectivity index (χ2v) is 28.1. The number of phosphoric acid groups is 2. The molecule has 0 aromatic rings. The van der Waals surface area contributed by atoms with Gasteiger partial charge in [0.2, 0.25) is 0 Å². The summed E-state index contributed by atoms with van der Waals surface area (Å²) in [5, 5.41) is 10.6. The second kappa shape index (κ2) is 69.7. The monoisotopic (exact) mass is 1390 g/mol. The van der Waals surface area contributed by atoms with E-state index < -0.39 is 97.5 Å². The van der Waals surface area contributed by atoms with Gasteiger partial charge in [-0.1, -0.05) is 273 Å². The van der Waals surface area contributed by atoms with Gasteiger partial charge >= 0.3 is 39.5 Å². The molecule has 96 heavy (non-hydrogen) atoms. The molecular weight excluding hydrogens is 1260 g/mol. The molecule has 19 heteroatoms. The predicted octanol–water partition coefficient (Wildman–Crippen LogP) is 21.4. The second-order valence-electron chi connectivity index (χ2n) is 25.2. The van der Waals surface area contributed by atoms with E-state index in [4.69, 9.17) is 37.0 Å². The van der Waals surface area contributed by atoms with Crippen molar-refractivity contribution in [2.75, 3.05) is 39.6 Å². The van der Waals surface area contributed by atoms with Gasteiger partial charge in [-0.15, -0.1) is 0 Å². The lowest BCUT2D eigenvalue weighted by Gasteiger charge is -2.21. The molecule has 5 atom stereocenters. The summed E-state index contributed by atoms with van der Waals surface area (Å²) in [6, 6.07) is 0. The zero-order chi connectivity index (χ0) is 70.4. The maximum atomic E-state index is 13.1. The lowest BCUT2D eigenvalue weighted by Crippen LogP contribution is -2.30. The minimum absolute atomic E-state index is 0.0794. The Hall–Kier alpha value is -3.76. The van der Waals surface area contributed by atoms with Gasteiger partial charge in [0.1, 0.15) is 19.3 Å². The summed E-state index contributed by atoms with van der Waals surface area (Å²) in [4.78, 5) is 72.7. The van der Waals surface area contributed by atoms with Crippen molar-refractivity contribution in [1.82, 2.24) is 0 Å². The summed E-state index contributed by atoms with van der Waals surface area (Å²) in [6.07, 6.45) is 70.1.